The summed E-state index contributed by atoms with van der Waals surface area (Å²) in [4.78, 5) is 4.18. The quantitative estimate of drug-likeness (QED) is 0.720. The van der Waals surface area contributed by atoms with Crippen LogP contribution in [0.5, 0.6) is 0 Å². The van der Waals surface area contributed by atoms with Crippen molar-refractivity contribution in [3.63, 3.8) is 0 Å². The van der Waals surface area contributed by atoms with Gasteiger partial charge in [-0.3, -0.25) is 0 Å². The summed E-state index contributed by atoms with van der Waals surface area (Å²) >= 11 is 0. The Morgan fingerprint density at radius 3 is 2.81 bits per heavy atom. The van der Waals surface area contributed by atoms with Crippen molar-refractivity contribution in [2.75, 3.05) is 13.2 Å². The van der Waals surface area contributed by atoms with E-state index in [-0.39, 0.29) is 0 Å². The Labute approximate surface area is 127 Å². The number of nitrogens with one attached hydrogen (secondary N) is 1. The van der Waals surface area contributed by atoms with Crippen molar-refractivity contribution in [3.05, 3.63) is 54.1 Å². The van der Waals surface area contributed by atoms with E-state index >= 15 is 0 Å². The van der Waals surface area contributed by atoms with E-state index in [1.165, 1.54) is 5.56 Å². The SMILES string of the molecule is CC(C)n1cncc1COCCCNCc1ccccc1. The zero-order chi connectivity index (χ0) is 14.9. The number of aromatic nitrogens is 2. The minimum Gasteiger partial charge on any atom is -0.375 e. The molecule has 0 aliphatic rings. The highest BCUT2D eigenvalue weighted by atomic mass is 16.5. The highest BCUT2D eigenvalue weighted by Crippen LogP contribution is 2.09. The highest BCUT2D eigenvalue weighted by molar-refractivity contribution is 5.14. The molecule has 1 N–H and O–H groups in total. The summed E-state index contributed by atoms with van der Waals surface area (Å²) in [6.45, 7) is 7.60. The Bertz CT molecular complexity index is 508. The van der Waals surface area contributed by atoms with Gasteiger partial charge in [0, 0.05) is 19.2 Å². The third kappa shape index (κ3) is 5.33. The van der Waals surface area contributed by atoms with Crippen LogP contribution < -0.4 is 5.32 Å². The molecule has 4 nitrogen and oxygen atoms in total. The Morgan fingerprint density at radius 1 is 1.24 bits per heavy atom. The molecule has 0 saturated carbocycles. The van der Waals surface area contributed by atoms with Gasteiger partial charge in [-0.15, -0.1) is 0 Å². The van der Waals surface area contributed by atoms with Gasteiger partial charge in [-0.1, -0.05) is 30.3 Å². The van der Waals surface area contributed by atoms with Gasteiger partial charge >= 0.3 is 0 Å². The molecule has 0 radical (unpaired) electrons. The van der Waals surface area contributed by atoms with Crippen LogP contribution in [0.2, 0.25) is 0 Å². The van der Waals surface area contributed by atoms with E-state index in [1.54, 1.807) is 0 Å². The van der Waals surface area contributed by atoms with Crippen LogP contribution in [0.15, 0.2) is 42.9 Å². The van der Waals surface area contributed by atoms with Gasteiger partial charge < -0.3 is 14.6 Å². The number of benzene rings is 1. The number of rotatable bonds is 9. The average molecular weight is 287 g/mol. The Morgan fingerprint density at radius 2 is 2.05 bits per heavy atom. The Balaban J connectivity index is 1.55. The molecule has 4 heteroatoms. The van der Waals surface area contributed by atoms with Crippen LogP contribution in [-0.4, -0.2) is 22.7 Å². The molecule has 2 aromatic rings. The second-order valence-electron chi connectivity index (χ2n) is 5.45. The van der Waals surface area contributed by atoms with Gasteiger partial charge in [0.2, 0.25) is 0 Å². The van der Waals surface area contributed by atoms with Crippen molar-refractivity contribution in [2.24, 2.45) is 0 Å². The average Bonchev–Trinajstić information content (AvgIpc) is 2.96. The molecular formula is C17H25N3O. The fraction of sp³-hybridized carbons (Fsp3) is 0.471. The zero-order valence-corrected chi connectivity index (χ0v) is 13.0. The minimum absolute atomic E-state index is 0.429. The van der Waals surface area contributed by atoms with Crippen LogP contribution in [0.1, 0.15) is 37.6 Å². The van der Waals surface area contributed by atoms with E-state index in [9.17, 15) is 0 Å². The first-order valence-electron chi connectivity index (χ1n) is 7.60. The topological polar surface area (TPSA) is 39.1 Å². The molecule has 1 aromatic heterocycles. The molecule has 0 aliphatic heterocycles. The molecule has 0 spiro atoms. The predicted octanol–water partition coefficient (Wildman–Crippen LogP) is 3.16. The zero-order valence-electron chi connectivity index (χ0n) is 13.0. The maximum Gasteiger partial charge on any atom is 0.0951 e. The molecule has 0 bridgehead atoms. The lowest BCUT2D eigenvalue weighted by Crippen LogP contribution is -2.16. The van der Waals surface area contributed by atoms with Gasteiger partial charge in [0.05, 0.1) is 24.8 Å². The molecule has 0 atom stereocenters. The van der Waals surface area contributed by atoms with Crippen LogP contribution in [0.25, 0.3) is 0 Å². The van der Waals surface area contributed by atoms with Crippen molar-refractivity contribution >= 4 is 0 Å². The Hall–Kier alpha value is -1.65. The van der Waals surface area contributed by atoms with Gasteiger partial charge in [0.25, 0.3) is 0 Å². The fourth-order valence-electron chi connectivity index (χ4n) is 2.21. The molecule has 114 valence electrons. The monoisotopic (exact) mass is 287 g/mol. The maximum absolute atomic E-state index is 5.72. The molecular weight excluding hydrogens is 262 g/mol. The van der Waals surface area contributed by atoms with Gasteiger partial charge in [-0.2, -0.15) is 0 Å². The molecule has 0 unspecified atom stereocenters. The summed E-state index contributed by atoms with van der Waals surface area (Å²) in [6, 6.07) is 10.9. The van der Waals surface area contributed by atoms with Crippen LogP contribution in [0, 0.1) is 0 Å². The van der Waals surface area contributed by atoms with Crippen molar-refractivity contribution in [1.82, 2.24) is 14.9 Å². The summed E-state index contributed by atoms with van der Waals surface area (Å²) in [5.41, 5.74) is 2.46. The van der Waals surface area contributed by atoms with Crippen molar-refractivity contribution in [3.8, 4) is 0 Å². The van der Waals surface area contributed by atoms with E-state index < -0.39 is 0 Å². The van der Waals surface area contributed by atoms with E-state index in [0.29, 0.717) is 12.6 Å². The second-order valence-corrected chi connectivity index (χ2v) is 5.45. The summed E-state index contributed by atoms with van der Waals surface area (Å²) in [6.07, 6.45) is 4.76. The lowest BCUT2D eigenvalue weighted by molar-refractivity contribution is 0.112. The van der Waals surface area contributed by atoms with Crippen LogP contribution in [0.3, 0.4) is 0 Å². The molecule has 0 fully saturated rings. The molecule has 0 aliphatic carbocycles. The number of hydrogen-bond acceptors (Lipinski definition) is 3. The molecule has 1 heterocycles. The first-order chi connectivity index (χ1) is 10.3. The predicted molar refractivity (Wildman–Crippen MR) is 85.0 cm³/mol. The third-order valence-corrected chi connectivity index (χ3v) is 3.37. The van der Waals surface area contributed by atoms with Gasteiger partial charge in [0.1, 0.15) is 0 Å². The number of nitrogens with zero attached hydrogens (tertiary/aromatic N) is 2. The van der Waals surface area contributed by atoms with E-state index in [1.807, 2.05) is 18.6 Å². The number of ether oxygens (including phenoxy) is 1. The first-order valence-corrected chi connectivity index (χ1v) is 7.60. The number of hydrogen-bond donors (Lipinski definition) is 1. The van der Waals surface area contributed by atoms with Gasteiger partial charge in [0.15, 0.2) is 0 Å². The maximum atomic E-state index is 5.72. The second kappa shape index (κ2) is 8.60. The first kappa shape index (κ1) is 15.7. The summed E-state index contributed by atoms with van der Waals surface area (Å²) < 4.78 is 7.87. The van der Waals surface area contributed by atoms with Gasteiger partial charge in [-0.05, 0) is 32.4 Å². The van der Waals surface area contributed by atoms with Crippen LogP contribution >= 0.6 is 0 Å². The van der Waals surface area contributed by atoms with E-state index in [2.05, 4.69) is 53.0 Å². The van der Waals surface area contributed by atoms with Crippen LogP contribution in [0.4, 0.5) is 0 Å². The lowest BCUT2D eigenvalue weighted by atomic mass is 10.2. The smallest absolute Gasteiger partial charge is 0.0951 e. The third-order valence-electron chi connectivity index (χ3n) is 3.37. The fourth-order valence-corrected chi connectivity index (χ4v) is 2.21. The normalized spacial score (nSPS) is 11.2. The summed E-state index contributed by atoms with van der Waals surface area (Å²) in [5.74, 6) is 0. The minimum atomic E-state index is 0.429. The van der Waals surface area contributed by atoms with Crippen molar-refractivity contribution in [2.45, 2.75) is 39.5 Å². The van der Waals surface area contributed by atoms with Crippen molar-refractivity contribution < 1.29 is 4.74 Å². The molecule has 1 aromatic carbocycles. The van der Waals surface area contributed by atoms with E-state index in [4.69, 9.17) is 4.74 Å². The molecule has 2 rings (SSSR count). The summed E-state index contributed by atoms with van der Waals surface area (Å²) in [7, 11) is 0. The molecule has 21 heavy (non-hydrogen) atoms. The van der Waals surface area contributed by atoms with E-state index in [0.717, 1.165) is 31.8 Å². The molecule has 0 saturated heterocycles. The van der Waals surface area contributed by atoms with Gasteiger partial charge in [-0.25, -0.2) is 4.98 Å². The largest absolute Gasteiger partial charge is 0.375 e. The standard InChI is InChI=1S/C17H25N3O/c1-15(2)20-14-19-12-17(20)13-21-10-6-9-18-11-16-7-4-3-5-8-16/h3-5,7-8,12,14-15,18H,6,9-11,13H2,1-2H3. The van der Waals surface area contributed by atoms with Crippen molar-refractivity contribution in [1.29, 1.82) is 0 Å². The Kier molecular flexibility index (Phi) is 6.44. The lowest BCUT2D eigenvalue weighted by Gasteiger charge is -2.12. The summed E-state index contributed by atoms with van der Waals surface area (Å²) in [5, 5.41) is 3.43. The number of imidazole rings is 1. The van der Waals surface area contributed by atoms with Crippen LogP contribution in [-0.2, 0) is 17.9 Å². The highest BCUT2D eigenvalue weighted by Gasteiger charge is 2.04. The molecule has 0 amide bonds.